The van der Waals surface area contributed by atoms with E-state index in [1.54, 1.807) is 11.6 Å². The fourth-order valence-corrected chi connectivity index (χ4v) is 2.80. The molecule has 2 rings (SSSR count). The molecule has 0 aliphatic carbocycles. The van der Waals surface area contributed by atoms with E-state index in [0.717, 1.165) is 5.69 Å². The van der Waals surface area contributed by atoms with Gasteiger partial charge >= 0.3 is 0 Å². The number of ketones is 1. The molecule has 136 valence electrons. The van der Waals surface area contributed by atoms with Crippen molar-refractivity contribution in [2.24, 2.45) is 0 Å². The number of hydrogen-bond acceptors (Lipinski definition) is 7. The van der Waals surface area contributed by atoms with Crippen LogP contribution in [0.4, 0.5) is 0 Å². The summed E-state index contributed by atoms with van der Waals surface area (Å²) in [6.45, 7) is 7.08. The Kier molecular flexibility index (Phi) is 6.02. The predicted octanol–water partition coefficient (Wildman–Crippen LogP) is 0.888. The average molecular weight is 349 g/mol. The molecule has 2 aromatic rings. The number of carbonyl (C=O) groups is 2. The van der Waals surface area contributed by atoms with Crippen molar-refractivity contribution in [1.82, 2.24) is 25.2 Å². The second-order valence-electron chi connectivity index (χ2n) is 5.96. The van der Waals surface area contributed by atoms with Gasteiger partial charge in [-0.25, -0.2) is 0 Å². The third-order valence-electron chi connectivity index (χ3n) is 3.89. The number of rotatable bonds is 8. The summed E-state index contributed by atoms with van der Waals surface area (Å²) in [6.07, 6.45) is 0.658. The number of nitrogens with one attached hydrogen (secondary N) is 1. The van der Waals surface area contributed by atoms with Gasteiger partial charge < -0.3 is 14.9 Å². The molecule has 0 aliphatic heterocycles. The zero-order valence-corrected chi connectivity index (χ0v) is 14.9. The normalized spacial score (nSPS) is 12.2. The third kappa shape index (κ3) is 4.50. The lowest BCUT2D eigenvalue weighted by Gasteiger charge is -2.14. The molecule has 0 bridgehead atoms. The predicted molar refractivity (Wildman–Crippen MR) is 88.0 cm³/mol. The lowest BCUT2D eigenvalue weighted by molar-refractivity contribution is -0.121. The van der Waals surface area contributed by atoms with Crippen molar-refractivity contribution in [3.8, 4) is 0 Å². The molecule has 0 radical (unpaired) electrons. The summed E-state index contributed by atoms with van der Waals surface area (Å²) in [6, 6.07) is -0.169. The number of aliphatic hydroxyl groups is 1. The summed E-state index contributed by atoms with van der Waals surface area (Å²) in [5.41, 5.74) is 2.06. The van der Waals surface area contributed by atoms with E-state index in [1.165, 1.54) is 6.92 Å². The van der Waals surface area contributed by atoms with Gasteiger partial charge in [0, 0.05) is 25.1 Å². The largest absolute Gasteiger partial charge is 0.387 e. The number of nitrogens with zero attached hydrogens (tertiary/aromatic N) is 4. The van der Waals surface area contributed by atoms with Crippen LogP contribution < -0.4 is 5.32 Å². The highest BCUT2D eigenvalue weighted by Crippen LogP contribution is 2.19. The van der Waals surface area contributed by atoms with E-state index in [2.05, 4.69) is 20.6 Å². The number of amides is 1. The van der Waals surface area contributed by atoms with E-state index in [9.17, 15) is 9.59 Å². The van der Waals surface area contributed by atoms with Crippen molar-refractivity contribution < 1.29 is 19.2 Å². The van der Waals surface area contributed by atoms with Crippen molar-refractivity contribution in [2.45, 2.75) is 53.2 Å². The van der Waals surface area contributed by atoms with Crippen LogP contribution in [0.1, 0.15) is 59.8 Å². The Morgan fingerprint density at radius 2 is 2.08 bits per heavy atom. The first-order chi connectivity index (χ1) is 11.8. The molecule has 1 unspecified atom stereocenters. The standard InChI is InChI=1S/C16H23N5O4/c1-9(21-11(3)16(12(4)23)10(2)19-21)7-14(24)17-6-5-13-18-15(8-22)25-20-13/h9,22H,5-8H2,1-4H3,(H,17,24). The first-order valence-corrected chi connectivity index (χ1v) is 8.09. The summed E-state index contributed by atoms with van der Waals surface area (Å²) >= 11 is 0. The number of aliphatic hydroxyl groups excluding tert-OH is 1. The summed E-state index contributed by atoms with van der Waals surface area (Å²) in [5.74, 6) is 0.429. The van der Waals surface area contributed by atoms with Crippen molar-refractivity contribution in [1.29, 1.82) is 0 Å². The van der Waals surface area contributed by atoms with Crippen LogP contribution in [0, 0.1) is 13.8 Å². The maximum atomic E-state index is 12.1. The van der Waals surface area contributed by atoms with Crippen LogP contribution in [0.15, 0.2) is 4.52 Å². The quantitative estimate of drug-likeness (QED) is 0.678. The SMILES string of the molecule is CC(=O)c1c(C)nn(C(C)CC(=O)NCCc2noc(CO)n2)c1C. The second-order valence-corrected chi connectivity index (χ2v) is 5.96. The molecular formula is C16H23N5O4. The van der Waals surface area contributed by atoms with Crippen LogP contribution in [0.5, 0.6) is 0 Å². The van der Waals surface area contributed by atoms with Gasteiger partial charge in [0.05, 0.1) is 17.3 Å². The van der Waals surface area contributed by atoms with E-state index < -0.39 is 0 Å². The highest BCUT2D eigenvalue weighted by Gasteiger charge is 2.20. The Morgan fingerprint density at radius 3 is 2.64 bits per heavy atom. The van der Waals surface area contributed by atoms with Crippen LogP contribution in [0.2, 0.25) is 0 Å². The summed E-state index contributed by atoms with van der Waals surface area (Å²) in [7, 11) is 0. The Morgan fingerprint density at radius 1 is 1.36 bits per heavy atom. The minimum atomic E-state index is -0.304. The highest BCUT2D eigenvalue weighted by atomic mass is 16.5. The summed E-state index contributed by atoms with van der Waals surface area (Å²) in [4.78, 5) is 27.7. The van der Waals surface area contributed by atoms with E-state index in [0.29, 0.717) is 30.0 Å². The molecule has 0 saturated heterocycles. The molecule has 1 amide bonds. The number of hydrogen-bond donors (Lipinski definition) is 2. The van der Waals surface area contributed by atoms with E-state index in [4.69, 9.17) is 9.63 Å². The molecule has 0 aliphatic rings. The Labute approximate surface area is 145 Å². The average Bonchev–Trinajstić information content (AvgIpc) is 3.11. The van der Waals surface area contributed by atoms with Crippen LogP contribution in [0.25, 0.3) is 0 Å². The fourth-order valence-electron chi connectivity index (χ4n) is 2.80. The van der Waals surface area contributed by atoms with Crippen molar-refractivity contribution in [3.63, 3.8) is 0 Å². The molecule has 9 nitrogen and oxygen atoms in total. The van der Waals surface area contributed by atoms with Gasteiger partial charge in [-0.1, -0.05) is 5.16 Å². The van der Waals surface area contributed by atoms with Gasteiger partial charge in [-0.05, 0) is 27.7 Å². The number of aromatic nitrogens is 4. The molecule has 2 aromatic heterocycles. The second kappa shape index (κ2) is 8.02. The van der Waals surface area contributed by atoms with Crippen LogP contribution in [0.3, 0.4) is 0 Å². The van der Waals surface area contributed by atoms with E-state index >= 15 is 0 Å². The van der Waals surface area contributed by atoms with Gasteiger partial charge in [-0.3, -0.25) is 14.3 Å². The molecule has 0 fully saturated rings. The third-order valence-corrected chi connectivity index (χ3v) is 3.89. The minimum absolute atomic E-state index is 0.0275. The molecule has 9 heteroatoms. The van der Waals surface area contributed by atoms with Crippen molar-refractivity contribution in [2.75, 3.05) is 6.54 Å². The van der Waals surface area contributed by atoms with Gasteiger partial charge in [0.25, 0.3) is 5.89 Å². The summed E-state index contributed by atoms with van der Waals surface area (Å²) in [5, 5.41) is 19.7. The first kappa shape index (κ1) is 18.8. The molecule has 0 aromatic carbocycles. The topological polar surface area (TPSA) is 123 Å². The lowest BCUT2D eigenvalue weighted by atomic mass is 10.1. The molecule has 25 heavy (non-hydrogen) atoms. The van der Waals surface area contributed by atoms with E-state index in [1.807, 2.05) is 13.8 Å². The van der Waals surface area contributed by atoms with Crippen LogP contribution >= 0.6 is 0 Å². The number of aryl methyl sites for hydroxylation is 1. The van der Waals surface area contributed by atoms with Gasteiger partial charge in [0.1, 0.15) is 6.61 Å². The maximum absolute atomic E-state index is 12.1. The number of Topliss-reactive ketones (excluding diaryl/α,β-unsaturated/α-hetero) is 1. The summed E-state index contributed by atoms with van der Waals surface area (Å²) < 4.78 is 6.50. The molecule has 2 N–H and O–H groups in total. The van der Waals surface area contributed by atoms with Crippen molar-refractivity contribution in [3.05, 3.63) is 28.7 Å². The minimum Gasteiger partial charge on any atom is -0.387 e. The van der Waals surface area contributed by atoms with Gasteiger partial charge in [-0.15, -0.1) is 0 Å². The highest BCUT2D eigenvalue weighted by molar-refractivity contribution is 5.96. The van der Waals surface area contributed by atoms with Gasteiger partial charge in [0.2, 0.25) is 5.91 Å². The monoisotopic (exact) mass is 349 g/mol. The molecule has 0 spiro atoms. The molecule has 0 saturated carbocycles. The van der Waals surface area contributed by atoms with Crippen LogP contribution in [-0.2, 0) is 17.8 Å². The van der Waals surface area contributed by atoms with Gasteiger partial charge in [0.15, 0.2) is 11.6 Å². The zero-order chi connectivity index (χ0) is 18.6. The molecular weight excluding hydrogens is 326 g/mol. The zero-order valence-electron chi connectivity index (χ0n) is 14.9. The lowest BCUT2D eigenvalue weighted by Crippen LogP contribution is -2.28. The smallest absolute Gasteiger partial charge is 0.252 e. The maximum Gasteiger partial charge on any atom is 0.252 e. The van der Waals surface area contributed by atoms with Crippen LogP contribution in [-0.4, -0.2) is 43.3 Å². The number of carbonyl (C=O) groups excluding carboxylic acids is 2. The Balaban J connectivity index is 1.87. The fraction of sp³-hybridized carbons (Fsp3) is 0.562. The van der Waals surface area contributed by atoms with E-state index in [-0.39, 0.29) is 36.7 Å². The Bertz CT molecular complexity index is 765. The van der Waals surface area contributed by atoms with Crippen molar-refractivity contribution >= 4 is 11.7 Å². The molecule has 1 atom stereocenters. The van der Waals surface area contributed by atoms with Gasteiger partial charge in [-0.2, -0.15) is 10.1 Å². The molecule has 2 heterocycles. The first-order valence-electron chi connectivity index (χ1n) is 8.09. The Hall–Kier alpha value is -2.55.